The van der Waals surface area contributed by atoms with E-state index < -0.39 is 0 Å². The van der Waals surface area contributed by atoms with Crippen LogP contribution in [0.15, 0.2) is 65.2 Å². The topological polar surface area (TPSA) is 97.0 Å². The zero-order valence-electron chi connectivity index (χ0n) is 17.5. The van der Waals surface area contributed by atoms with Crippen LogP contribution in [0.2, 0.25) is 0 Å². The van der Waals surface area contributed by atoms with Gasteiger partial charge in [-0.2, -0.15) is 0 Å². The Morgan fingerprint density at radius 1 is 1.03 bits per heavy atom. The van der Waals surface area contributed by atoms with Crippen molar-refractivity contribution in [1.82, 2.24) is 25.1 Å². The maximum Gasteiger partial charge on any atom is 0.316 e. The highest BCUT2D eigenvalue weighted by Gasteiger charge is 2.16. The summed E-state index contributed by atoms with van der Waals surface area (Å²) in [4.78, 5) is 22.7. The lowest BCUT2D eigenvalue weighted by molar-refractivity contribution is 0.0827. The Hall–Kier alpha value is -4.07. The van der Waals surface area contributed by atoms with Gasteiger partial charge in [0.05, 0.1) is 17.6 Å². The number of carbonyl (C=O) groups is 1. The van der Waals surface area contributed by atoms with E-state index in [1.807, 2.05) is 49.4 Å². The summed E-state index contributed by atoms with van der Waals surface area (Å²) in [5, 5.41) is 11.3. The molecule has 0 radical (unpaired) electrons. The standard InChI is InChI=1S/C23H22N6O2/c1-15-20(21-27-28-23(31-21)25-13-16-7-5-4-6-8-16)26-19(14-24-15)17-9-11-18(12-10-17)22(30)29(2)3/h4-12,14H,13H2,1-3H3,(H,25,28). The summed E-state index contributed by atoms with van der Waals surface area (Å²) in [6, 6.07) is 17.5. The van der Waals surface area contributed by atoms with Gasteiger partial charge < -0.3 is 14.6 Å². The fourth-order valence-corrected chi connectivity index (χ4v) is 3.00. The van der Waals surface area contributed by atoms with Crippen LogP contribution < -0.4 is 5.32 Å². The minimum absolute atomic E-state index is 0.0522. The lowest BCUT2D eigenvalue weighted by atomic mass is 10.1. The number of hydrogen-bond donors (Lipinski definition) is 1. The Morgan fingerprint density at radius 2 is 1.77 bits per heavy atom. The van der Waals surface area contributed by atoms with E-state index in [1.165, 1.54) is 4.90 Å². The predicted octanol–water partition coefficient (Wildman–Crippen LogP) is 3.82. The van der Waals surface area contributed by atoms with Gasteiger partial charge in [0.25, 0.3) is 11.8 Å². The molecule has 0 unspecified atom stereocenters. The molecule has 2 aromatic heterocycles. The van der Waals surface area contributed by atoms with Crippen molar-refractivity contribution in [2.24, 2.45) is 0 Å². The molecule has 8 heteroatoms. The van der Waals surface area contributed by atoms with Crippen LogP contribution in [-0.4, -0.2) is 45.1 Å². The fraction of sp³-hybridized carbons (Fsp3) is 0.174. The molecular weight excluding hydrogens is 392 g/mol. The van der Waals surface area contributed by atoms with Gasteiger partial charge >= 0.3 is 6.01 Å². The fourth-order valence-electron chi connectivity index (χ4n) is 3.00. The number of nitrogens with one attached hydrogen (secondary N) is 1. The maximum absolute atomic E-state index is 12.1. The van der Waals surface area contributed by atoms with E-state index in [9.17, 15) is 4.79 Å². The van der Waals surface area contributed by atoms with Crippen molar-refractivity contribution in [2.45, 2.75) is 13.5 Å². The Balaban J connectivity index is 1.54. The second-order valence-corrected chi connectivity index (χ2v) is 7.22. The largest absolute Gasteiger partial charge is 0.402 e. The number of carbonyl (C=O) groups excluding carboxylic acids is 1. The van der Waals surface area contributed by atoms with E-state index in [0.717, 1.165) is 11.1 Å². The predicted molar refractivity (Wildman–Crippen MR) is 117 cm³/mol. The third-order valence-electron chi connectivity index (χ3n) is 4.70. The van der Waals surface area contributed by atoms with Crippen molar-refractivity contribution in [3.63, 3.8) is 0 Å². The number of benzene rings is 2. The lowest BCUT2D eigenvalue weighted by Gasteiger charge is -2.10. The highest BCUT2D eigenvalue weighted by atomic mass is 16.4. The molecule has 0 aliphatic carbocycles. The molecule has 2 aromatic carbocycles. The first kappa shape index (κ1) is 20.2. The molecule has 1 N–H and O–H groups in total. The molecule has 0 bridgehead atoms. The molecule has 156 valence electrons. The zero-order valence-corrected chi connectivity index (χ0v) is 17.5. The molecule has 0 spiro atoms. The summed E-state index contributed by atoms with van der Waals surface area (Å²) in [6.07, 6.45) is 1.69. The highest BCUT2D eigenvalue weighted by molar-refractivity contribution is 5.94. The van der Waals surface area contributed by atoms with Crippen molar-refractivity contribution in [1.29, 1.82) is 0 Å². The summed E-state index contributed by atoms with van der Waals surface area (Å²) in [5.74, 6) is 0.241. The average molecular weight is 414 g/mol. The minimum Gasteiger partial charge on any atom is -0.402 e. The Kier molecular flexibility index (Phi) is 5.70. The van der Waals surface area contributed by atoms with Gasteiger partial charge in [0.2, 0.25) is 0 Å². The van der Waals surface area contributed by atoms with Crippen molar-refractivity contribution in [3.05, 3.63) is 77.6 Å². The molecule has 0 aliphatic heterocycles. The summed E-state index contributed by atoms with van der Waals surface area (Å²) in [7, 11) is 3.45. The number of aromatic nitrogens is 4. The van der Waals surface area contributed by atoms with Crippen LogP contribution in [0, 0.1) is 6.92 Å². The minimum atomic E-state index is -0.0522. The van der Waals surface area contributed by atoms with Gasteiger partial charge in [-0.05, 0) is 24.6 Å². The molecule has 4 aromatic rings. The van der Waals surface area contributed by atoms with E-state index in [0.29, 0.717) is 41.1 Å². The van der Waals surface area contributed by atoms with Gasteiger partial charge in [-0.3, -0.25) is 9.78 Å². The van der Waals surface area contributed by atoms with Crippen molar-refractivity contribution in [2.75, 3.05) is 19.4 Å². The molecule has 2 heterocycles. The van der Waals surface area contributed by atoms with Crippen LogP contribution in [-0.2, 0) is 6.54 Å². The van der Waals surface area contributed by atoms with Crippen molar-refractivity contribution < 1.29 is 9.21 Å². The van der Waals surface area contributed by atoms with Crippen molar-refractivity contribution in [3.8, 4) is 22.8 Å². The second-order valence-electron chi connectivity index (χ2n) is 7.22. The number of rotatable bonds is 6. The molecule has 4 rings (SSSR count). The molecule has 1 amide bonds. The lowest BCUT2D eigenvalue weighted by Crippen LogP contribution is -2.21. The molecule has 0 saturated heterocycles. The maximum atomic E-state index is 12.1. The van der Waals surface area contributed by atoms with Crippen LogP contribution in [0.3, 0.4) is 0 Å². The van der Waals surface area contributed by atoms with Gasteiger partial charge in [-0.1, -0.05) is 47.6 Å². The zero-order chi connectivity index (χ0) is 21.8. The van der Waals surface area contributed by atoms with E-state index in [4.69, 9.17) is 4.42 Å². The SMILES string of the molecule is Cc1ncc(-c2ccc(C(=O)N(C)C)cc2)nc1-c1nnc(NCc2ccccc2)o1. The number of aryl methyl sites for hydroxylation is 1. The summed E-state index contributed by atoms with van der Waals surface area (Å²) >= 11 is 0. The van der Waals surface area contributed by atoms with Gasteiger partial charge in [-0.15, -0.1) is 5.10 Å². The van der Waals surface area contributed by atoms with Crippen molar-refractivity contribution >= 4 is 11.9 Å². The van der Waals surface area contributed by atoms with Gasteiger partial charge in [0.1, 0.15) is 5.69 Å². The highest BCUT2D eigenvalue weighted by Crippen LogP contribution is 2.25. The van der Waals surface area contributed by atoms with Gasteiger partial charge in [-0.25, -0.2) is 4.98 Å². The third-order valence-corrected chi connectivity index (χ3v) is 4.70. The van der Waals surface area contributed by atoms with E-state index in [1.54, 1.807) is 32.4 Å². The molecule has 31 heavy (non-hydrogen) atoms. The summed E-state index contributed by atoms with van der Waals surface area (Å²) < 4.78 is 5.75. The Labute approximate surface area is 180 Å². The molecule has 0 fully saturated rings. The first-order valence-electron chi connectivity index (χ1n) is 9.78. The second kappa shape index (κ2) is 8.74. The molecule has 0 saturated carbocycles. The molecule has 0 aliphatic rings. The average Bonchev–Trinajstić information content (AvgIpc) is 3.27. The number of nitrogens with zero attached hydrogens (tertiary/aromatic N) is 5. The van der Waals surface area contributed by atoms with E-state index in [2.05, 4.69) is 25.5 Å². The first-order valence-corrected chi connectivity index (χ1v) is 9.78. The van der Waals surface area contributed by atoms with Gasteiger partial charge in [0, 0.05) is 31.8 Å². The molecule has 0 atom stereocenters. The van der Waals surface area contributed by atoms with Crippen LogP contribution >= 0.6 is 0 Å². The van der Waals surface area contributed by atoms with Gasteiger partial charge in [0.15, 0.2) is 0 Å². The van der Waals surface area contributed by atoms with Crippen LogP contribution in [0.25, 0.3) is 22.8 Å². The van der Waals surface area contributed by atoms with Crippen LogP contribution in [0.1, 0.15) is 21.6 Å². The third kappa shape index (κ3) is 4.58. The Bertz CT molecular complexity index is 1190. The van der Waals surface area contributed by atoms with E-state index in [-0.39, 0.29) is 5.91 Å². The monoisotopic (exact) mass is 414 g/mol. The summed E-state index contributed by atoms with van der Waals surface area (Å²) in [5.41, 5.74) is 4.41. The quantitative estimate of drug-likeness (QED) is 0.512. The van der Waals surface area contributed by atoms with Crippen LogP contribution in [0.4, 0.5) is 6.01 Å². The molecular formula is C23H22N6O2. The normalized spacial score (nSPS) is 10.7. The molecule has 8 nitrogen and oxygen atoms in total. The smallest absolute Gasteiger partial charge is 0.316 e. The first-order chi connectivity index (χ1) is 15.0. The number of anilines is 1. The summed E-state index contributed by atoms with van der Waals surface area (Å²) in [6.45, 7) is 2.41. The van der Waals surface area contributed by atoms with E-state index >= 15 is 0 Å². The number of hydrogen-bond acceptors (Lipinski definition) is 7. The Morgan fingerprint density at radius 3 is 2.48 bits per heavy atom. The number of amides is 1. The van der Waals surface area contributed by atoms with Crippen LogP contribution in [0.5, 0.6) is 0 Å².